The van der Waals surface area contributed by atoms with Gasteiger partial charge in [0.05, 0.1) is 6.20 Å². The molecule has 1 fully saturated rings. The highest BCUT2D eigenvalue weighted by Crippen LogP contribution is 2.25. The minimum absolute atomic E-state index is 0.263. The molecular formula is C16H26FN3O. The molecule has 0 atom stereocenters. The summed E-state index contributed by atoms with van der Waals surface area (Å²) in [4.78, 5) is 6.60. The van der Waals surface area contributed by atoms with E-state index in [1.807, 2.05) is 0 Å². The number of nitrogens with zero attached hydrogens (tertiary/aromatic N) is 2. The van der Waals surface area contributed by atoms with E-state index < -0.39 is 0 Å². The molecule has 1 saturated heterocycles. The Balaban J connectivity index is 2.01. The van der Waals surface area contributed by atoms with Crippen LogP contribution in [0.25, 0.3) is 0 Å². The second-order valence-electron chi connectivity index (χ2n) is 5.70. The SMILES string of the molecule is CCCNCc1cc(F)cnc1N1CCC(COC)CC1. The van der Waals surface area contributed by atoms with Crippen molar-refractivity contribution in [2.24, 2.45) is 5.92 Å². The van der Waals surface area contributed by atoms with Gasteiger partial charge in [-0.15, -0.1) is 0 Å². The van der Waals surface area contributed by atoms with Crippen LogP contribution in [-0.2, 0) is 11.3 Å². The van der Waals surface area contributed by atoms with Crippen molar-refractivity contribution in [1.29, 1.82) is 0 Å². The molecule has 1 aliphatic rings. The second-order valence-corrected chi connectivity index (χ2v) is 5.70. The Kier molecular flexibility index (Phi) is 6.39. The van der Waals surface area contributed by atoms with Gasteiger partial charge < -0.3 is 15.0 Å². The van der Waals surface area contributed by atoms with Crippen molar-refractivity contribution < 1.29 is 9.13 Å². The van der Waals surface area contributed by atoms with Crippen LogP contribution in [0.5, 0.6) is 0 Å². The Labute approximate surface area is 126 Å². The smallest absolute Gasteiger partial charge is 0.141 e. The lowest BCUT2D eigenvalue weighted by Gasteiger charge is -2.33. The zero-order chi connectivity index (χ0) is 15.1. The van der Waals surface area contributed by atoms with Gasteiger partial charge in [0.2, 0.25) is 0 Å². The molecule has 0 unspecified atom stereocenters. The van der Waals surface area contributed by atoms with Crippen LogP contribution in [0.15, 0.2) is 12.3 Å². The van der Waals surface area contributed by atoms with Crippen LogP contribution in [0.2, 0.25) is 0 Å². The van der Waals surface area contributed by atoms with Crippen LogP contribution in [0.1, 0.15) is 31.7 Å². The molecule has 118 valence electrons. The molecular weight excluding hydrogens is 269 g/mol. The van der Waals surface area contributed by atoms with Gasteiger partial charge in [-0.25, -0.2) is 9.37 Å². The van der Waals surface area contributed by atoms with E-state index in [1.54, 1.807) is 13.2 Å². The average Bonchev–Trinajstić information content (AvgIpc) is 2.49. The summed E-state index contributed by atoms with van der Waals surface area (Å²) in [6.07, 6.45) is 4.60. The summed E-state index contributed by atoms with van der Waals surface area (Å²) < 4.78 is 18.7. The Hall–Kier alpha value is -1.20. The van der Waals surface area contributed by atoms with Crippen molar-refractivity contribution in [3.05, 3.63) is 23.6 Å². The highest BCUT2D eigenvalue weighted by atomic mass is 19.1. The maximum Gasteiger partial charge on any atom is 0.141 e. The van der Waals surface area contributed by atoms with Gasteiger partial charge in [0.15, 0.2) is 0 Å². The maximum atomic E-state index is 13.5. The number of aromatic nitrogens is 1. The molecule has 1 N–H and O–H groups in total. The maximum absolute atomic E-state index is 13.5. The molecule has 0 saturated carbocycles. The topological polar surface area (TPSA) is 37.4 Å². The third kappa shape index (κ3) is 4.64. The van der Waals surface area contributed by atoms with E-state index in [9.17, 15) is 4.39 Å². The molecule has 0 bridgehead atoms. The summed E-state index contributed by atoms with van der Waals surface area (Å²) in [6.45, 7) is 6.49. The Morgan fingerprint density at radius 2 is 2.19 bits per heavy atom. The van der Waals surface area contributed by atoms with Crippen molar-refractivity contribution in [2.75, 3.05) is 38.3 Å². The highest BCUT2D eigenvalue weighted by molar-refractivity contribution is 5.47. The molecule has 0 aromatic carbocycles. The summed E-state index contributed by atoms with van der Waals surface area (Å²) >= 11 is 0. The Morgan fingerprint density at radius 1 is 1.43 bits per heavy atom. The summed E-state index contributed by atoms with van der Waals surface area (Å²) in [7, 11) is 1.76. The molecule has 1 aromatic rings. The number of ether oxygens (including phenoxy) is 1. The van der Waals surface area contributed by atoms with Gasteiger partial charge in [0, 0.05) is 38.9 Å². The molecule has 2 rings (SSSR count). The molecule has 2 heterocycles. The molecule has 5 heteroatoms. The lowest BCUT2D eigenvalue weighted by Crippen LogP contribution is -2.36. The third-order valence-corrected chi connectivity index (χ3v) is 3.97. The minimum atomic E-state index is -0.263. The monoisotopic (exact) mass is 295 g/mol. The van der Waals surface area contributed by atoms with E-state index in [2.05, 4.69) is 22.1 Å². The number of rotatable bonds is 7. The highest BCUT2D eigenvalue weighted by Gasteiger charge is 2.22. The number of hydrogen-bond donors (Lipinski definition) is 1. The summed E-state index contributed by atoms with van der Waals surface area (Å²) in [5.41, 5.74) is 0.952. The van der Waals surface area contributed by atoms with Crippen LogP contribution in [0.4, 0.5) is 10.2 Å². The molecule has 0 aliphatic carbocycles. The van der Waals surface area contributed by atoms with Crippen molar-refractivity contribution >= 4 is 5.82 Å². The number of hydrogen-bond acceptors (Lipinski definition) is 4. The fraction of sp³-hybridized carbons (Fsp3) is 0.688. The molecule has 4 nitrogen and oxygen atoms in total. The van der Waals surface area contributed by atoms with Gasteiger partial charge in [-0.3, -0.25) is 0 Å². The van der Waals surface area contributed by atoms with Crippen molar-refractivity contribution in [1.82, 2.24) is 10.3 Å². The van der Waals surface area contributed by atoms with Crippen LogP contribution >= 0.6 is 0 Å². The molecule has 0 spiro atoms. The molecule has 1 aliphatic heterocycles. The molecule has 0 radical (unpaired) electrons. The molecule has 21 heavy (non-hydrogen) atoms. The van der Waals surface area contributed by atoms with Gasteiger partial charge in [0.25, 0.3) is 0 Å². The van der Waals surface area contributed by atoms with Crippen LogP contribution < -0.4 is 10.2 Å². The standard InChI is InChI=1S/C16H26FN3O/c1-3-6-18-10-14-9-15(17)11-19-16(14)20-7-4-13(5-8-20)12-21-2/h9,11,13,18H,3-8,10,12H2,1-2H3. The van der Waals surface area contributed by atoms with Crippen molar-refractivity contribution in [3.63, 3.8) is 0 Å². The second kappa shape index (κ2) is 8.29. The van der Waals surface area contributed by atoms with E-state index >= 15 is 0 Å². The van der Waals surface area contributed by atoms with Gasteiger partial charge in [-0.2, -0.15) is 0 Å². The summed E-state index contributed by atoms with van der Waals surface area (Å²) in [5.74, 6) is 1.30. The van der Waals surface area contributed by atoms with Gasteiger partial charge in [-0.05, 0) is 37.8 Å². The number of nitrogens with one attached hydrogen (secondary N) is 1. The molecule has 0 amide bonds. The zero-order valence-electron chi connectivity index (χ0n) is 13.1. The summed E-state index contributed by atoms with van der Waals surface area (Å²) in [6, 6.07) is 1.60. The van der Waals surface area contributed by atoms with E-state index in [1.165, 1.54) is 6.20 Å². The average molecular weight is 295 g/mol. The van der Waals surface area contributed by atoms with Crippen molar-refractivity contribution in [3.8, 4) is 0 Å². The van der Waals surface area contributed by atoms with Crippen LogP contribution in [0.3, 0.4) is 0 Å². The van der Waals surface area contributed by atoms with Crippen molar-refractivity contribution in [2.45, 2.75) is 32.7 Å². The normalized spacial score (nSPS) is 16.4. The quantitative estimate of drug-likeness (QED) is 0.785. The lowest BCUT2D eigenvalue weighted by molar-refractivity contribution is 0.139. The number of methoxy groups -OCH3 is 1. The van der Waals surface area contributed by atoms with E-state index in [0.717, 1.165) is 56.9 Å². The predicted octanol–water partition coefficient (Wildman–Crippen LogP) is 2.58. The van der Waals surface area contributed by atoms with Gasteiger partial charge in [-0.1, -0.05) is 6.92 Å². The Bertz CT molecular complexity index is 434. The number of pyridine rings is 1. The van der Waals surface area contributed by atoms with E-state index in [4.69, 9.17) is 4.74 Å². The zero-order valence-corrected chi connectivity index (χ0v) is 13.1. The molecule has 1 aromatic heterocycles. The van der Waals surface area contributed by atoms with Crippen LogP contribution in [-0.4, -0.2) is 38.3 Å². The minimum Gasteiger partial charge on any atom is -0.384 e. The summed E-state index contributed by atoms with van der Waals surface area (Å²) in [5, 5.41) is 3.33. The predicted molar refractivity (Wildman–Crippen MR) is 83.0 cm³/mol. The lowest BCUT2D eigenvalue weighted by atomic mass is 9.97. The largest absolute Gasteiger partial charge is 0.384 e. The first kappa shape index (κ1) is 16.2. The number of piperidine rings is 1. The van der Waals surface area contributed by atoms with Gasteiger partial charge in [0.1, 0.15) is 11.6 Å². The third-order valence-electron chi connectivity index (χ3n) is 3.97. The first-order chi connectivity index (χ1) is 10.2. The van der Waals surface area contributed by atoms with E-state index in [-0.39, 0.29) is 5.82 Å². The fourth-order valence-corrected chi connectivity index (χ4v) is 2.84. The fourth-order valence-electron chi connectivity index (χ4n) is 2.84. The van der Waals surface area contributed by atoms with Gasteiger partial charge >= 0.3 is 0 Å². The first-order valence-electron chi connectivity index (χ1n) is 7.83. The van der Waals surface area contributed by atoms with E-state index in [0.29, 0.717) is 12.5 Å². The number of anilines is 1. The Morgan fingerprint density at radius 3 is 2.86 bits per heavy atom. The number of halogens is 1. The first-order valence-corrected chi connectivity index (χ1v) is 7.83. The van der Waals surface area contributed by atoms with Crippen LogP contribution in [0, 0.1) is 11.7 Å².